The smallest absolute Gasteiger partial charge is 0.407 e. The van der Waals surface area contributed by atoms with E-state index in [1.54, 1.807) is 13.1 Å². The molecule has 5 unspecified atom stereocenters. The summed E-state index contributed by atoms with van der Waals surface area (Å²) in [6.07, 6.45) is -0.481. The van der Waals surface area contributed by atoms with Crippen LogP contribution in [-0.2, 0) is 30.7 Å². The van der Waals surface area contributed by atoms with Crippen molar-refractivity contribution in [3.8, 4) is 0 Å². The quantitative estimate of drug-likeness (QED) is 0.226. The maximum Gasteiger partial charge on any atom is 0.407 e. The summed E-state index contributed by atoms with van der Waals surface area (Å²) in [4.78, 5) is 17.7. The van der Waals surface area contributed by atoms with Crippen LogP contribution in [0.2, 0.25) is 0 Å². The van der Waals surface area contributed by atoms with Crippen LogP contribution in [0.4, 0.5) is 10.8 Å². The highest BCUT2D eigenvalue weighted by Crippen LogP contribution is 2.49. The third kappa shape index (κ3) is 6.34. The maximum atomic E-state index is 14.2. The van der Waals surface area contributed by atoms with Gasteiger partial charge in [0.2, 0.25) is 10.0 Å². The fourth-order valence-corrected chi connectivity index (χ4v) is 8.95. The molecule has 14 heteroatoms. The Balaban J connectivity index is 1.12. The van der Waals surface area contributed by atoms with Gasteiger partial charge in [-0.1, -0.05) is 30.3 Å². The lowest BCUT2D eigenvalue weighted by atomic mass is 9.98. The van der Waals surface area contributed by atoms with E-state index in [9.17, 15) is 18.3 Å². The number of nitrogens with zero attached hydrogens (tertiary/aromatic N) is 2. The average Bonchev–Trinajstić information content (AvgIpc) is 3.85. The Morgan fingerprint density at radius 3 is 2.78 bits per heavy atom. The Hall–Kier alpha value is -3.27. The highest BCUT2D eigenvalue weighted by molar-refractivity contribution is 7.89. The predicted molar refractivity (Wildman–Crippen MR) is 167 cm³/mol. The highest BCUT2D eigenvalue weighted by atomic mass is 32.2. The summed E-state index contributed by atoms with van der Waals surface area (Å²) in [5.74, 6) is 0.461. The van der Waals surface area contributed by atoms with Crippen molar-refractivity contribution in [1.82, 2.24) is 19.9 Å². The van der Waals surface area contributed by atoms with Gasteiger partial charge in [0, 0.05) is 44.0 Å². The van der Waals surface area contributed by atoms with Crippen LogP contribution in [0.3, 0.4) is 0 Å². The molecule has 46 heavy (non-hydrogen) atoms. The van der Waals surface area contributed by atoms with Crippen molar-refractivity contribution in [3.05, 3.63) is 54.1 Å². The number of benzene rings is 2. The number of nitrogens with one attached hydrogen (secondary N) is 3. The number of aliphatic hydroxyl groups is 1. The number of rotatable bonds is 12. The molecule has 4 aliphatic rings. The van der Waals surface area contributed by atoms with Crippen LogP contribution in [0.1, 0.15) is 18.4 Å². The molecule has 0 radical (unpaired) electrons. The predicted octanol–water partition coefficient (Wildman–Crippen LogP) is 2.18. The van der Waals surface area contributed by atoms with Gasteiger partial charge < -0.3 is 39.7 Å². The highest BCUT2D eigenvalue weighted by Gasteiger charge is 2.56. The summed E-state index contributed by atoms with van der Waals surface area (Å²) in [5, 5.41) is 20.7. The molecular formula is C32H41N5O8S. The Morgan fingerprint density at radius 1 is 1.17 bits per heavy atom. The molecule has 2 bridgehead atoms. The molecule has 7 rings (SSSR count). The molecule has 4 fully saturated rings. The van der Waals surface area contributed by atoms with Crippen LogP contribution in [0.25, 0.3) is 11.1 Å². The number of aromatic nitrogens is 1. The number of ether oxygens (including phenoxy) is 3. The van der Waals surface area contributed by atoms with Crippen molar-refractivity contribution in [2.75, 3.05) is 51.8 Å². The number of hydrogen-bond donors (Lipinski definition) is 4. The van der Waals surface area contributed by atoms with Gasteiger partial charge in [0.1, 0.15) is 11.6 Å². The average molecular weight is 656 g/mol. The number of fused-ring (bicyclic) bond motifs is 2. The van der Waals surface area contributed by atoms with Gasteiger partial charge in [0.05, 0.1) is 30.3 Å². The van der Waals surface area contributed by atoms with E-state index < -0.39 is 28.3 Å². The van der Waals surface area contributed by atoms with Crippen LogP contribution in [0.15, 0.2) is 57.8 Å². The van der Waals surface area contributed by atoms with Crippen molar-refractivity contribution < 1.29 is 36.9 Å². The number of carbonyl (C=O) groups excluding carboxylic acids is 1. The lowest BCUT2D eigenvalue weighted by Gasteiger charge is -2.32. The van der Waals surface area contributed by atoms with Gasteiger partial charge in [-0.2, -0.15) is 9.29 Å². The molecule has 1 aromatic heterocycles. The number of oxazole rings is 1. The fourth-order valence-electron chi connectivity index (χ4n) is 7.40. The van der Waals surface area contributed by atoms with Crippen molar-refractivity contribution in [1.29, 1.82) is 0 Å². The molecule has 3 saturated heterocycles. The molecule has 2 aromatic carbocycles. The molecule has 3 aliphatic heterocycles. The zero-order valence-electron chi connectivity index (χ0n) is 25.7. The van der Waals surface area contributed by atoms with Gasteiger partial charge in [-0.3, -0.25) is 0 Å². The Morgan fingerprint density at radius 2 is 2.00 bits per heavy atom. The molecule has 8 atom stereocenters. The first kappa shape index (κ1) is 31.3. The van der Waals surface area contributed by atoms with E-state index >= 15 is 0 Å². The minimum Gasteiger partial charge on any atom is -0.445 e. The number of amides is 1. The number of sulfonamides is 1. The largest absolute Gasteiger partial charge is 0.445 e. The minimum absolute atomic E-state index is 0.0376. The van der Waals surface area contributed by atoms with Crippen molar-refractivity contribution in [2.45, 2.75) is 48.7 Å². The van der Waals surface area contributed by atoms with Gasteiger partial charge in [-0.05, 0) is 56.0 Å². The van der Waals surface area contributed by atoms with E-state index in [1.165, 1.54) is 16.4 Å². The molecule has 1 saturated carbocycles. The van der Waals surface area contributed by atoms with E-state index in [4.69, 9.17) is 18.6 Å². The summed E-state index contributed by atoms with van der Waals surface area (Å²) in [7, 11) is -2.41. The van der Waals surface area contributed by atoms with Gasteiger partial charge in [-0.15, -0.1) is 0 Å². The van der Waals surface area contributed by atoms with Crippen LogP contribution in [0.5, 0.6) is 0 Å². The number of hydrogen-bond acceptors (Lipinski definition) is 11. The lowest BCUT2D eigenvalue weighted by Crippen LogP contribution is -2.52. The van der Waals surface area contributed by atoms with E-state index in [1.807, 2.05) is 30.3 Å². The summed E-state index contributed by atoms with van der Waals surface area (Å²) in [6.45, 7) is 2.41. The molecule has 4 N–H and O–H groups in total. The second-order valence-electron chi connectivity index (χ2n) is 12.8. The van der Waals surface area contributed by atoms with Crippen LogP contribution >= 0.6 is 0 Å². The topological polar surface area (TPSA) is 164 Å². The molecule has 4 heterocycles. The van der Waals surface area contributed by atoms with Gasteiger partial charge in [-0.25, -0.2) is 13.2 Å². The molecule has 1 amide bonds. The molecule has 13 nitrogen and oxygen atoms in total. The molecule has 0 spiro atoms. The fraction of sp³-hybridized carbons (Fsp3) is 0.562. The second-order valence-corrected chi connectivity index (χ2v) is 14.8. The minimum atomic E-state index is -4.08. The zero-order chi connectivity index (χ0) is 31.8. The maximum absolute atomic E-state index is 14.2. The van der Waals surface area contributed by atoms with Crippen molar-refractivity contribution in [2.24, 2.45) is 23.7 Å². The number of anilines is 1. The van der Waals surface area contributed by atoms with Crippen LogP contribution in [0, 0.1) is 23.7 Å². The van der Waals surface area contributed by atoms with Gasteiger partial charge >= 0.3 is 6.09 Å². The van der Waals surface area contributed by atoms with E-state index in [0.29, 0.717) is 30.9 Å². The SMILES string of the molecule is CNc1nc2ccc(S(=O)(=O)N(CC3CCNC3)C[C@@H](O)[C@H](Cc3ccccc3)NC(=O)OC3C4COC5OC[C@H]3CC54)cc2o1. The van der Waals surface area contributed by atoms with Crippen LogP contribution < -0.4 is 16.0 Å². The first-order valence-corrected chi connectivity index (χ1v) is 17.4. The van der Waals surface area contributed by atoms with Crippen molar-refractivity contribution >= 4 is 33.2 Å². The first-order chi connectivity index (χ1) is 22.3. The summed E-state index contributed by atoms with van der Waals surface area (Å²) in [5.41, 5.74) is 1.74. The Labute approximate surface area is 268 Å². The number of carbonyl (C=O) groups is 1. The summed E-state index contributed by atoms with van der Waals surface area (Å²) < 4.78 is 52.9. The normalized spacial score (nSPS) is 28.4. The molecule has 248 valence electrons. The van der Waals surface area contributed by atoms with Crippen LogP contribution in [-0.4, -0.2) is 99.9 Å². The third-order valence-electron chi connectivity index (χ3n) is 9.82. The number of alkyl carbamates (subject to hydrolysis) is 1. The second kappa shape index (κ2) is 13.1. The van der Waals surface area contributed by atoms with Crippen molar-refractivity contribution in [3.63, 3.8) is 0 Å². The summed E-state index contributed by atoms with van der Waals surface area (Å²) >= 11 is 0. The Kier molecular flexibility index (Phi) is 8.92. The van der Waals surface area contributed by atoms with Gasteiger partial charge in [0.15, 0.2) is 11.9 Å². The van der Waals surface area contributed by atoms with E-state index in [2.05, 4.69) is 20.9 Å². The monoisotopic (exact) mass is 655 g/mol. The van der Waals surface area contributed by atoms with Gasteiger partial charge in [0.25, 0.3) is 6.01 Å². The number of aliphatic hydroxyl groups excluding tert-OH is 1. The standard InChI is InChI=1S/C32H41N5O8S/c1-33-31-35-25-8-7-22(13-28(25)44-31)46(40,41)37(15-20-9-10-34-14-20)16-27(38)26(11-19-5-3-2-4-6-19)36-32(39)45-29-21-12-23-24(29)18-43-30(23)42-17-21/h2-8,13,20-21,23-24,26-27,29-30,34,38H,9-12,14-18H2,1H3,(H,33,35)(H,36,39)/t20?,21-,23?,24?,26+,27-,29?,30?/m1/s1. The Bertz CT molecular complexity index is 1630. The first-order valence-electron chi connectivity index (χ1n) is 16.0. The summed E-state index contributed by atoms with van der Waals surface area (Å²) in [6, 6.07) is 13.5. The lowest BCUT2D eigenvalue weighted by molar-refractivity contribution is -0.169. The van der Waals surface area contributed by atoms with E-state index in [-0.39, 0.29) is 66.5 Å². The zero-order valence-corrected chi connectivity index (χ0v) is 26.5. The molecular weight excluding hydrogens is 614 g/mol. The molecule has 3 aromatic rings. The van der Waals surface area contributed by atoms with E-state index in [0.717, 1.165) is 24.9 Å². The molecule has 1 aliphatic carbocycles. The third-order valence-corrected chi connectivity index (χ3v) is 11.7.